The van der Waals surface area contributed by atoms with E-state index in [1.165, 1.54) is 32.4 Å². The molecule has 2 unspecified atom stereocenters. The van der Waals surface area contributed by atoms with Gasteiger partial charge in [-0.3, -0.25) is 14.6 Å². The molecule has 2 aliphatic rings. The zero-order valence-electron chi connectivity index (χ0n) is 12.2. The minimum absolute atomic E-state index is 0.292. The highest BCUT2D eigenvalue weighted by atomic mass is 16.5. The Balaban J connectivity index is 1.82. The van der Waals surface area contributed by atoms with Crippen LogP contribution in [0.25, 0.3) is 0 Å². The molecule has 2 heterocycles. The summed E-state index contributed by atoms with van der Waals surface area (Å²) in [5, 5.41) is 0. The molecule has 5 heteroatoms. The van der Waals surface area contributed by atoms with Gasteiger partial charge in [-0.15, -0.1) is 0 Å². The van der Waals surface area contributed by atoms with Gasteiger partial charge in [-0.2, -0.15) is 0 Å². The Kier molecular flexibility index (Phi) is 4.81. The third kappa shape index (κ3) is 3.68. The van der Waals surface area contributed by atoms with Crippen LogP contribution >= 0.6 is 0 Å². The first-order valence-corrected chi connectivity index (χ1v) is 7.45. The van der Waals surface area contributed by atoms with Crippen LogP contribution in [0.2, 0.25) is 0 Å². The average Bonchev–Trinajstić information content (AvgIpc) is 2.98. The molecule has 0 aromatic carbocycles. The predicted molar refractivity (Wildman–Crippen MR) is 74.9 cm³/mol. The van der Waals surface area contributed by atoms with E-state index in [0.29, 0.717) is 19.2 Å². The third-order valence-corrected chi connectivity index (χ3v) is 4.20. The van der Waals surface area contributed by atoms with Crippen molar-refractivity contribution < 1.29 is 9.53 Å². The summed E-state index contributed by atoms with van der Waals surface area (Å²) in [4.78, 5) is 16.7. The number of hydrogen-bond donors (Lipinski definition) is 1. The molecule has 110 valence electrons. The largest absolute Gasteiger partial charge is 0.465 e. The van der Waals surface area contributed by atoms with Crippen LogP contribution < -0.4 is 5.73 Å². The number of esters is 1. The highest BCUT2D eigenvalue weighted by Crippen LogP contribution is 2.21. The van der Waals surface area contributed by atoms with Crippen LogP contribution in [0.1, 0.15) is 33.1 Å². The Morgan fingerprint density at radius 2 is 2.05 bits per heavy atom. The summed E-state index contributed by atoms with van der Waals surface area (Å²) in [6.45, 7) is 9.10. The van der Waals surface area contributed by atoms with Crippen LogP contribution in [0.15, 0.2) is 0 Å². The minimum Gasteiger partial charge on any atom is -0.465 e. The first-order chi connectivity index (χ1) is 9.03. The fourth-order valence-electron chi connectivity index (χ4n) is 3.19. The van der Waals surface area contributed by atoms with Crippen molar-refractivity contribution in [1.82, 2.24) is 9.80 Å². The quantitative estimate of drug-likeness (QED) is 0.734. The van der Waals surface area contributed by atoms with Crippen molar-refractivity contribution in [1.29, 1.82) is 0 Å². The number of carbonyl (C=O) groups is 1. The molecule has 0 spiro atoms. The molecular formula is C14H27N3O2. The lowest BCUT2D eigenvalue weighted by Gasteiger charge is -2.29. The zero-order chi connectivity index (χ0) is 13.9. The summed E-state index contributed by atoms with van der Waals surface area (Å²) in [7, 11) is 0. The van der Waals surface area contributed by atoms with Crippen molar-refractivity contribution in [2.75, 3.05) is 39.3 Å². The molecule has 2 atom stereocenters. The summed E-state index contributed by atoms with van der Waals surface area (Å²) in [5.74, 6) is -0.292. The highest BCUT2D eigenvalue weighted by Gasteiger charge is 2.36. The number of rotatable bonds is 5. The minimum atomic E-state index is -0.893. The van der Waals surface area contributed by atoms with Gasteiger partial charge in [0, 0.05) is 19.1 Å². The molecule has 19 heavy (non-hydrogen) atoms. The monoisotopic (exact) mass is 269 g/mol. The molecule has 5 nitrogen and oxygen atoms in total. The van der Waals surface area contributed by atoms with Crippen LogP contribution in [0, 0.1) is 0 Å². The van der Waals surface area contributed by atoms with Gasteiger partial charge in [0.1, 0.15) is 5.54 Å². The molecule has 2 fully saturated rings. The summed E-state index contributed by atoms with van der Waals surface area (Å²) < 4.78 is 5.04. The summed E-state index contributed by atoms with van der Waals surface area (Å²) in [6.07, 6.45) is 3.85. The zero-order valence-corrected chi connectivity index (χ0v) is 12.2. The molecule has 0 aromatic rings. The summed E-state index contributed by atoms with van der Waals surface area (Å²) in [6, 6.07) is 0.653. The Bertz CT molecular complexity index is 314. The van der Waals surface area contributed by atoms with Crippen LogP contribution in [-0.2, 0) is 9.53 Å². The molecule has 2 saturated heterocycles. The fraction of sp³-hybridized carbons (Fsp3) is 0.929. The molecule has 2 aliphatic heterocycles. The Labute approximate surface area is 116 Å². The lowest BCUT2D eigenvalue weighted by Crippen LogP contribution is -2.54. The second-order valence-electron chi connectivity index (χ2n) is 6.06. The highest BCUT2D eigenvalue weighted by molar-refractivity contribution is 5.80. The second-order valence-corrected chi connectivity index (χ2v) is 6.06. The van der Waals surface area contributed by atoms with Gasteiger partial charge in [0.25, 0.3) is 0 Å². The van der Waals surface area contributed by atoms with Gasteiger partial charge in [-0.05, 0) is 52.7 Å². The van der Waals surface area contributed by atoms with Gasteiger partial charge < -0.3 is 10.5 Å². The number of nitrogens with two attached hydrogens (primary N) is 1. The molecule has 0 bridgehead atoms. The summed E-state index contributed by atoms with van der Waals surface area (Å²) in [5.41, 5.74) is 5.20. The van der Waals surface area contributed by atoms with Crippen molar-refractivity contribution in [3.63, 3.8) is 0 Å². The molecule has 0 radical (unpaired) electrons. The molecule has 0 aliphatic carbocycles. The molecule has 2 N–H and O–H groups in total. The van der Waals surface area contributed by atoms with Gasteiger partial charge in [-0.25, -0.2) is 0 Å². The lowest BCUT2D eigenvalue weighted by atomic mass is 10.0. The first-order valence-electron chi connectivity index (χ1n) is 7.45. The maximum absolute atomic E-state index is 11.8. The molecule has 0 saturated carbocycles. The van der Waals surface area contributed by atoms with Crippen LogP contribution in [0.3, 0.4) is 0 Å². The van der Waals surface area contributed by atoms with E-state index in [0.717, 1.165) is 13.1 Å². The van der Waals surface area contributed by atoms with Crippen molar-refractivity contribution in [3.8, 4) is 0 Å². The van der Waals surface area contributed by atoms with Gasteiger partial charge in [0.05, 0.1) is 6.61 Å². The van der Waals surface area contributed by atoms with E-state index in [2.05, 4.69) is 9.80 Å². The van der Waals surface area contributed by atoms with Gasteiger partial charge in [0.2, 0.25) is 0 Å². The number of carbonyl (C=O) groups excluding carboxylic acids is 1. The van der Waals surface area contributed by atoms with E-state index < -0.39 is 5.54 Å². The Morgan fingerprint density at radius 3 is 2.68 bits per heavy atom. The SMILES string of the molecule is CCOC(=O)C(C)(N)CN1CCC(N2CCCC2)C1. The number of nitrogens with zero attached hydrogens (tertiary/aromatic N) is 2. The van der Waals surface area contributed by atoms with Gasteiger partial charge in [-0.1, -0.05) is 0 Å². The fourth-order valence-corrected chi connectivity index (χ4v) is 3.19. The predicted octanol–water partition coefficient (Wildman–Crippen LogP) is 0.437. The topological polar surface area (TPSA) is 58.8 Å². The number of ether oxygens (including phenoxy) is 1. The standard InChI is InChI=1S/C14H27N3O2/c1-3-19-13(18)14(2,15)11-16-9-6-12(10-16)17-7-4-5-8-17/h12H,3-11,15H2,1-2H3. The van der Waals surface area contributed by atoms with Crippen molar-refractivity contribution >= 4 is 5.97 Å². The van der Waals surface area contributed by atoms with E-state index in [-0.39, 0.29) is 5.97 Å². The average molecular weight is 269 g/mol. The van der Waals surface area contributed by atoms with E-state index in [1.54, 1.807) is 6.92 Å². The third-order valence-electron chi connectivity index (χ3n) is 4.20. The second kappa shape index (κ2) is 6.20. The maximum atomic E-state index is 11.8. The van der Waals surface area contributed by atoms with Gasteiger partial charge in [0.15, 0.2) is 0 Å². The first kappa shape index (κ1) is 14.8. The van der Waals surface area contributed by atoms with Crippen LogP contribution in [-0.4, -0.2) is 66.7 Å². The maximum Gasteiger partial charge on any atom is 0.327 e. The summed E-state index contributed by atoms with van der Waals surface area (Å²) >= 11 is 0. The Hall–Kier alpha value is -0.650. The number of hydrogen-bond acceptors (Lipinski definition) is 5. The van der Waals surface area contributed by atoms with E-state index in [9.17, 15) is 4.79 Å². The molecule has 0 amide bonds. The number of likely N-dealkylation sites (tertiary alicyclic amines) is 2. The van der Waals surface area contributed by atoms with Crippen molar-refractivity contribution in [3.05, 3.63) is 0 Å². The van der Waals surface area contributed by atoms with E-state index in [4.69, 9.17) is 10.5 Å². The van der Waals surface area contributed by atoms with Crippen LogP contribution in [0.5, 0.6) is 0 Å². The molecule has 2 rings (SSSR count). The van der Waals surface area contributed by atoms with E-state index in [1.807, 2.05) is 6.92 Å². The lowest BCUT2D eigenvalue weighted by molar-refractivity contribution is -0.149. The van der Waals surface area contributed by atoms with Crippen LogP contribution in [0.4, 0.5) is 0 Å². The molecular weight excluding hydrogens is 242 g/mol. The Morgan fingerprint density at radius 1 is 1.37 bits per heavy atom. The van der Waals surface area contributed by atoms with Gasteiger partial charge >= 0.3 is 5.97 Å². The van der Waals surface area contributed by atoms with Crippen molar-refractivity contribution in [2.45, 2.75) is 44.7 Å². The molecule has 0 aromatic heterocycles. The smallest absolute Gasteiger partial charge is 0.327 e. The normalized spacial score (nSPS) is 28.5. The van der Waals surface area contributed by atoms with Crippen molar-refractivity contribution in [2.24, 2.45) is 5.73 Å². The van der Waals surface area contributed by atoms with E-state index >= 15 is 0 Å².